The molecule has 0 radical (unpaired) electrons. The Balaban J connectivity index is 1.25. The van der Waals surface area contributed by atoms with Crippen LogP contribution in [0.4, 0.5) is 5.69 Å². The molecule has 3 unspecified atom stereocenters. The summed E-state index contributed by atoms with van der Waals surface area (Å²) in [5, 5.41) is 25.1. The zero-order valence-corrected chi connectivity index (χ0v) is 33.2. The first-order valence-corrected chi connectivity index (χ1v) is 23.6. The molecule has 0 fully saturated rings. The summed E-state index contributed by atoms with van der Waals surface area (Å²) in [4.78, 5) is 27.0. The van der Waals surface area contributed by atoms with Crippen molar-refractivity contribution >= 4 is 65.6 Å². The van der Waals surface area contributed by atoms with Gasteiger partial charge >= 0.3 is 11.9 Å². The molecule has 0 aromatic heterocycles. The smallest absolute Gasteiger partial charge is 0.336 e. The largest absolute Gasteiger partial charge is 0.481 e. The lowest BCUT2D eigenvalue weighted by Gasteiger charge is -2.43. The number of aromatic carboxylic acids is 1. The van der Waals surface area contributed by atoms with Crippen LogP contribution in [-0.2, 0) is 17.6 Å². The van der Waals surface area contributed by atoms with Crippen molar-refractivity contribution < 1.29 is 19.8 Å². The second-order valence-corrected chi connectivity index (χ2v) is 21.3. The molecular weight excluding hydrogens is 729 g/mol. The van der Waals surface area contributed by atoms with Crippen molar-refractivity contribution in [3.63, 3.8) is 0 Å². The Kier molecular flexibility index (Phi) is 8.53. The maximum Gasteiger partial charge on any atom is 0.336 e. The van der Waals surface area contributed by atoms with Crippen LogP contribution in [0, 0.1) is 0 Å². The molecule has 0 aliphatic carbocycles. The Bertz CT molecular complexity index is 2700. The van der Waals surface area contributed by atoms with Gasteiger partial charge in [-0.1, -0.05) is 85.4 Å². The van der Waals surface area contributed by atoms with E-state index in [2.05, 4.69) is 113 Å². The zero-order chi connectivity index (χ0) is 38.1. The molecule has 5 aromatic rings. The van der Waals surface area contributed by atoms with Gasteiger partial charge in [-0.25, -0.2) is 9.37 Å². The molecule has 0 amide bonds. The van der Waals surface area contributed by atoms with E-state index in [0.29, 0.717) is 11.3 Å². The number of carboxylic acid groups (broad SMARTS) is 2. The summed E-state index contributed by atoms with van der Waals surface area (Å²) in [6.07, 6.45) is 11.3. The second kappa shape index (κ2) is 13.6. The maximum absolute atomic E-state index is 13.0. The van der Waals surface area contributed by atoms with Gasteiger partial charge in [0.15, 0.2) is 6.04 Å². The highest BCUT2D eigenvalue weighted by Gasteiger charge is 2.43. The number of benzene rings is 5. The number of rotatable bonds is 8. The summed E-state index contributed by atoms with van der Waals surface area (Å²) in [5.74, 6) is -0.266. The van der Waals surface area contributed by atoms with Gasteiger partial charge in [-0.2, -0.15) is 11.8 Å². The first-order chi connectivity index (χ1) is 27.3. The van der Waals surface area contributed by atoms with Crippen LogP contribution in [0.1, 0.15) is 73.4 Å². The van der Waals surface area contributed by atoms with Gasteiger partial charge in [0.25, 0.3) is 0 Å². The minimum Gasteiger partial charge on any atom is -0.481 e. The van der Waals surface area contributed by atoms with Crippen LogP contribution in [0.2, 0.25) is 12.6 Å². The Morgan fingerprint density at radius 1 is 0.804 bits per heavy atom. The first kappa shape index (κ1) is 35.0. The average Bonchev–Trinajstić information content (AvgIpc) is 3.22. The van der Waals surface area contributed by atoms with Crippen LogP contribution >= 0.6 is 11.8 Å². The standard InChI is InChI=1S/C48H42N2O4SSi/c1-56(25-24-55-23-20-46(51)52)44-28-42-32(14-16-40-34-10-4-2-8-30(34)18-21-49(40)42)26-38(44)47(36-12-6-7-13-37(36)48(53)54)39-27-33-15-17-41-35-11-5-3-9-31(35)19-22-50(41)43(33)29-45(39)56/h2-17,26-29,40-41H,18-25H2,1H3,(H-,51,52,53,54)/p+1. The lowest BCUT2D eigenvalue weighted by atomic mass is 9.86. The number of anilines is 1. The number of carboxylic acids is 2. The maximum atomic E-state index is 13.0. The highest BCUT2D eigenvalue weighted by molar-refractivity contribution is 7.99. The van der Waals surface area contributed by atoms with E-state index in [4.69, 9.17) is 0 Å². The van der Waals surface area contributed by atoms with Crippen LogP contribution in [0.15, 0.2) is 109 Å². The van der Waals surface area contributed by atoms with Crippen molar-refractivity contribution in [1.82, 2.24) is 4.58 Å². The third-order valence-electron chi connectivity index (χ3n) is 12.9. The molecule has 3 atom stereocenters. The minimum atomic E-state index is -2.59. The van der Waals surface area contributed by atoms with Gasteiger partial charge in [0, 0.05) is 41.6 Å². The van der Waals surface area contributed by atoms with Crippen LogP contribution in [0.3, 0.4) is 0 Å². The monoisotopic (exact) mass is 771 g/mol. The van der Waals surface area contributed by atoms with Gasteiger partial charge in [0.05, 0.1) is 18.0 Å². The number of carbonyl (C=O) groups is 2. The van der Waals surface area contributed by atoms with Crippen molar-refractivity contribution in [2.75, 3.05) is 29.5 Å². The first-order valence-electron chi connectivity index (χ1n) is 19.7. The van der Waals surface area contributed by atoms with Crippen LogP contribution < -0.4 is 30.4 Å². The average molecular weight is 772 g/mol. The van der Waals surface area contributed by atoms with Crippen molar-refractivity contribution in [3.05, 3.63) is 170 Å². The number of thioether (sulfide) groups is 1. The quantitative estimate of drug-likeness (QED) is 0.110. The molecule has 0 saturated heterocycles. The fourth-order valence-corrected chi connectivity index (χ4v) is 16.2. The van der Waals surface area contributed by atoms with Crippen molar-refractivity contribution in [1.29, 1.82) is 0 Å². The molecule has 2 N–H and O–H groups in total. The van der Waals surface area contributed by atoms with Crippen LogP contribution in [0.25, 0.3) is 17.7 Å². The molecule has 0 saturated carbocycles. The predicted molar refractivity (Wildman–Crippen MR) is 230 cm³/mol. The lowest BCUT2D eigenvalue weighted by molar-refractivity contribution is -0.136. The SMILES string of the molecule is C[Si]1(CCSCCC(=O)O)c2cc3c(cc2C(c2ccccc2C(=O)O)=c2cc4c(cc21)=[N+]1CCc2ccccc2C1C=C4)C=CC1c2ccccc2CCN31. The van der Waals surface area contributed by atoms with Gasteiger partial charge < -0.3 is 15.1 Å². The highest BCUT2D eigenvalue weighted by atomic mass is 32.2. The molecule has 5 aromatic carbocycles. The Labute approximate surface area is 331 Å². The fraction of sp³-hybridized carbons (Fsp3) is 0.229. The zero-order valence-electron chi connectivity index (χ0n) is 31.4. The second-order valence-electron chi connectivity index (χ2n) is 15.9. The third-order valence-corrected chi connectivity index (χ3v) is 18.7. The van der Waals surface area contributed by atoms with Gasteiger partial charge in [-0.05, 0) is 109 Å². The summed E-state index contributed by atoms with van der Waals surface area (Å²) in [6.45, 7) is 4.35. The van der Waals surface area contributed by atoms with E-state index in [1.165, 1.54) is 43.7 Å². The summed E-state index contributed by atoms with van der Waals surface area (Å²) >= 11 is 1.73. The van der Waals surface area contributed by atoms with E-state index in [0.717, 1.165) is 70.8 Å². The molecule has 8 heteroatoms. The van der Waals surface area contributed by atoms with Gasteiger partial charge in [-0.3, -0.25) is 4.79 Å². The minimum absolute atomic E-state index is 0.148. The fourth-order valence-electron chi connectivity index (χ4n) is 10.1. The van der Waals surface area contributed by atoms with Crippen LogP contribution in [0.5, 0.6) is 0 Å². The normalized spacial score (nSPS) is 20.8. The van der Waals surface area contributed by atoms with E-state index in [1.807, 2.05) is 18.2 Å². The molecule has 278 valence electrons. The number of fused-ring (bicyclic) bond motifs is 11. The topological polar surface area (TPSA) is 80.8 Å². The van der Waals surface area contributed by atoms with E-state index in [-0.39, 0.29) is 18.5 Å². The Morgan fingerprint density at radius 2 is 1.55 bits per heavy atom. The molecule has 0 spiro atoms. The number of hydrogen-bond donors (Lipinski definition) is 2. The highest BCUT2D eigenvalue weighted by Crippen LogP contribution is 2.42. The number of aliphatic carboxylic acids is 1. The third kappa shape index (κ3) is 5.56. The molecular formula is C48H43N2O4SSi+. The molecule has 5 aliphatic rings. The summed E-state index contributed by atoms with van der Waals surface area (Å²) in [5.41, 5.74) is 12.2. The summed E-state index contributed by atoms with van der Waals surface area (Å²) in [6, 6.07) is 36.0. The van der Waals surface area contributed by atoms with Gasteiger partial charge in [0.2, 0.25) is 5.36 Å². The molecule has 56 heavy (non-hydrogen) atoms. The van der Waals surface area contributed by atoms with E-state index in [1.54, 1.807) is 17.8 Å². The number of hydrogen-bond acceptors (Lipinski definition) is 4. The summed E-state index contributed by atoms with van der Waals surface area (Å²) < 4.78 is 2.57. The van der Waals surface area contributed by atoms with Gasteiger partial charge in [-0.15, -0.1) is 0 Å². The predicted octanol–water partition coefficient (Wildman–Crippen LogP) is 6.29. The Morgan fingerprint density at radius 3 is 2.38 bits per heavy atom. The van der Waals surface area contributed by atoms with E-state index in [9.17, 15) is 19.8 Å². The van der Waals surface area contributed by atoms with Crippen molar-refractivity contribution in [2.45, 2.75) is 43.9 Å². The number of nitrogens with zero attached hydrogens (tertiary/aromatic N) is 2. The van der Waals surface area contributed by atoms with Crippen molar-refractivity contribution in [3.8, 4) is 0 Å². The molecule has 5 aliphatic heterocycles. The van der Waals surface area contributed by atoms with E-state index < -0.39 is 20.0 Å². The Hall–Kier alpha value is -5.44. The lowest BCUT2D eigenvalue weighted by Crippen LogP contribution is -2.66. The van der Waals surface area contributed by atoms with Crippen molar-refractivity contribution in [2.24, 2.45) is 0 Å². The molecule has 6 nitrogen and oxygen atoms in total. The van der Waals surface area contributed by atoms with E-state index >= 15 is 0 Å². The molecule has 5 heterocycles. The molecule has 0 bridgehead atoms. The molecule has 10 rings (SSSR count). The summed E-state index contributed by atoms with van der Waals surface area (Å²) in [7, 11) is -2.59. The van der Waals surface area contributed by atoms with Gasteiger partial charge in [0.1, 0.15) is 14.6 Å². The van der Waals surface area contributed by atoms with Crippen LogP contribution in [-0.4, -0.2) is 54.8 Å².